The maximum Gasteiger partial charge on any atom is 0.272 e. The van der Waals surface area contributed by atoms with Crippen LogP contribution in [0.15, 0.2) is 47.7 Å². The number of hydrazone groups is 1. The van der Waals surface area contributed by atoms with Crippen LogP contribution in [0.3, 0.4) is 0 Å². The van der Waals surface area contributed by atoms with E-state index in [1.165, 1.54) is 35.5 Å². The lowest BCUT2D eigenvalue weighted by Crippen LogP contribution is -2.39. The number of amides is 2. The molecule has 27 heavy (non-hydrogen) atoms. The first-order valence-corrected chi connectivity index (χ1v) is 8.21. The molecule has 3 N–H and O–H groups in total. The van der Waals surface area contributed by atoms with Gasteiger partial charge in [0.2, 0.25) is 5.91 Å². The number of hydrogen-bond donors (Lipinski definition) is 2. The van der Waals surface area contributed by atoms with Crippen molar-refractivity contribution in [2.45, 2.75) is 12.5 Å². The number of halogens is 1. The van der Waals surface area contributed by atoms with Crippen LogP contribution in [0.25, 0.3) is 0 Å². The van der Waals surface area contributed by atoms with Gasteiger partial charge in [-0.2, -0.15) is 5.10 Å². The normalized spacial score (nSPS) is 16.0. The van der Waals surface area contributed by atoms with E-state index < -0.39 is 23.7 Å². The standard InChI is InChI=1S/C18H19FN6O2/c1-24(2)16-8-5-12(10-21-16)22-18(27)14-9-15(17(20)26)25(23-14)13-6-3-11(19)4-7-13/h3-8,10,15H,9H2,1-2H3,(H2,20,26)(H,22,27). The van der Waals surface area contributed by atoms with Crippen LogP contribution < -0.4 is 21.0 Å². The summed E-state index contributed by atoms with van der Waals surface area (Å²) in [5.41, 5.74) is 6.57. The van der Waals surface area contributed by atoms with E-state index in [2.05, 4.69) is 15.4 Å². The summed E-state index contributed by atoms with van der Waals surface area (Å²) in [4.78, 5) is 30.3. The third-order valence-electron chi connectivity index (χ3n) is 4.06. The average molecular weight is 370 g/mol. The molecule has 2 aromatic rings. The molecule has 1 aliphatic rings. The maximum absolute atomic E-state index is 13.1. The number of pyridine rings is 1. The summed E-state index contributed by atoms with van der Waals surface area (Å²) in [5.74, 6) is -0.736. The first kappa shape index (κ1) is 18.3. The van der Waals surface area contributed by atoms with Gasteiger partial charge in [0.15, 0.2) is 0 Å². The molecule has 9 heteroatoms. The van der Waals surface area contributed by atoms with Crippen LogP contribution in [0.4, 0.5) is 21.6 Å². The van der Waals surface area contributed by atoms with E-state index in [0.29, 0.717) is 11.4 Å². The lowest BCUT2D eigenvalue weighted by atomic mass is 10.1. The zero-order valence-corrected chi connectivity index (χ0v) is 14.9. The molecular formula is C18H19FN6O2. The molecule has 140 valence electrons. The number of primary amides is 1. The molecule has 0 spiro atoms. The second-order valence-electron chi connectivity index (χ2n) is 6.24. The Morgan fingerprint density at radius 2 is 1.93 bits per heavy atom. The molecule has 2 heterocycles. The van der Waals surface area contributed by atoms with Gasteiger partial charge >= 0.3 is 0 Å². The third-order valence-corrected chi connectivity index (χ3v) is 4.06. The van der Waals surface area contributed by atoms with Gasteiger partial charge < -0.3 is 16.0 Å². The van der Waals surface area contributed by atoms with Crippen LogP contribution in [0.5, 0.6) is 0 Å². The fourth-order valence-electron chi connectivity index (χ4n) is 2.63. The van der Waals surface area contributed by atoms with Gasteiger partial charge in [-0.25, -0.2) is 9.37 Å². The van der Waals surface area contributed by atoms with Gasteiger partial charge in [-0.3, -0.25) is 14.6 Å². The monoisotopic (exact) mass is 370 g/mol. The molecule has 0 aliphatic carbocycles. The molecule has 0 saturated carbocycles. The van der Waals surface area contributed by atoms with Crippen LogP contribution in [-0.2, 0) is 9.59 Å². The fraction of sp³-hybridized carbons (Fsp3) is 0.222. The molecule has 0 bridgehead atoms. The zero-order valence-electron chi connectivity index (χ0n) is 14.9. The summed E-state index contributed by atoms with van der Waals surface area (Å²) >= 11 is 0. The minimum atomic E-state index is -0.814. The second-order valence-corrected chi connectivity index (χ2v) is 6.24. The first-order valence-electron chi connectivity index (χ1n) is 8.21. The number of benzene rings is 1. The summed E-state index contributed by atoms with van der Waals surface area (Å²) in [6.07, 6.45) is 1.59. The van der Waals surface area contributed by atoms with Gasteiger partial charge in [0.05, 0.1) is 17.6 Å². The Hall–Kier alpha value is -3.49. The number of nitrogens with one attached hydrogen (secondary N) is 1. The van der Waals surface area contributed by atoms with E-state index in [1.807, 2.05) is 19.0 Å². The van der Waals surface area contributed by atoms with Crippen LogP contribution >= 0.6 is 0 Å². The van der Waals surface area contributed by atoms with Crippen LogP contribution in [0, 0.1) is 5.82 Å². The molecule has 1 unspecified atom stereocenters. The van der Waals surface area contributed by atoms with Crippen molar-refractivity contribution in [2.75, 3.05) is 29.3 Å². The minimum Gasteiger partial charge on any atom is -0.368 e. The molecule has 0 radical (unpaired) electrons. The highest BCUT2D eigenvalue weighted by Crippen LogP contribution is 2.25. The second kappa shape index (κ2) is 7.40. The van der Waals surface area contributed by atoms with E-state index in [0.717, 1.165) is 5.82 Å². The molecule has 0 fully saturated rings. The summed E-state index contributed by atoms with van der Waals surface area (Å²) in [5, 5.41) is 8.26. The van der Waals surface area contributed by atoms with E-state index in [9.17, 15) is 14.0 Å². The Labute approximate surface area is 155 Å². The summed E-state index contributed by atoms with van der Waals surface area (Å²) in [6.45, 7) is 0. The number of anilines is 3. The van der Waals surface area contributed by atoms with Crippen molar-refractivity contribution in [3.05, 3.63) is 48.4 Å². The molecule has 1 aromatic carbocycles. The molecule has 3 rings (SSSR count). The topological polar surface area (TPSA) is 104 Å². The zero-order chi connectivity index (χ0) is 19.6. The lowest BCUT2D eigenvalue weighted by molar-refractivity contribution is -0.119. The van der Waals surface area contributed by atoms with E-state index >= 15 is 0 Å². The van der Waals surface area contributed by atoms with E-state index in [4.69, 9.17) is 5.73 Å². The highest BCUT2D eigenvalue weighted by Gasteiger charge is 2.35. The van der Waals surface area contributed by atoms with E-state index in [-0.39, 0.29) is 12.1 Å². The Morgan fingerprint density at radius 1 is 1.22 bits per heavy atom. The van der Waals surface area contributed by atoms with Crippen molar-refractivity contribution in [1.82, 2.24) is 4.98 Å². The van der Waals surface area contributed by atoms with Gasteiger partial charge in [-0.05, 0) is 36.4 Å². The number of nitrogens with two attached hydrogens (primary N) is 1. The first-order chi connectivity index (χ1) is 12.8. The molecule has 0 saturated heterocycles. The van der Waals surface area contributed by atoms with Gasteiger partial charge in [-0.1, -0.05) is 0 Å². The highest BCUT2D eigenvalue weighted by atomic mass is 19.1. The van der Waals surface area contributed by atoms with Crippen molar-refractivity contribution in [2.24, 2.45) is 10.8 Å². The van der Waals surface area contributed by atoms with Crippen LogP contribution in [0.2, 0.25) is 0 Å². The number of hydrogen-bond acceptors (Lipinski definition) is 6. The Bertz CT molecular complexity index is 880. The Balaban J connectivity index is 1.78. The fourth-order valence-corrected chi connectivity index (χ4v) is 2.63. The van der Waals surface area contributed by atoms with Crippen LogP contribution in [-0.4, -0.2) is 42.6 Å². The van der Waals surface area contributed by atoms with E-state index in [1.54, 1.807) is 12.1 Å². The average Bonchev–Trinajstić information content (AvgIpc) is 3.08. The molecule has 1 atom stereocenters. The van der Waals surface area contributed by atoms with Gasteiger partial charge in [0, 0.05) is 20.5 Å². The number of nitrogens with zero attached hydrogens (tertiary/aromatic N) is 4. The SMILES string of the molecule is CN(C)c1ccc(NC(=O)C2=NN(c3ccc(F)cc3)C(C(N)=O)C2)cn1. The quantitative estimate of drug-likeness (QED) is 0.827. The van der Waals surface area contributed by atoms with Gasteiger partial charge in [0.1, 0.15) is 23.4 Å². The highest BCUT2D eigenvalue weighted by molar-refractivity contribution is 6.44. The summed E-state index contributed by atoms with van der Waals surface area (Å²) < 4.78 is 13.1. The lowest BCUT2D eigenvalue weighted by Gasteiger charge is -2.20. The number of carbonyl (C=O) groups excluding carboxylic acids is 2. The Kier molecular flexibility index (Phi) is 5.02. The van der Waals surface area contributed by atoms with Gasteiger partial charge in [-0.15, -0.1) is 0 Å². The van der Waals surface area contributed by atoms with Crippen molar-refractivity contribution in [3.8, 4) is 0 Å². The number of carbonyl (C=O) groups is 2. The van der Waals surface area contributed by atoms with Crippen molar-refractivity contribution >= 4 is 34.7 Å². The number of aromatic nitrogens is 1. The molecule has 8 nitrogen and oxygen atoms in total. The summed E-state index contributed by atoms with van der Waals surface area (Å²) in [6, 6.07) is 8.12. The van der Waals surface area contributed by atoms with Crippen LogP contribution in [0.1, 0.15) is 6.42 Å². The molecule has 2 amide bonds. The van der Waals surface area contributed by atoms with Crippen molar-refractivity contribution < 1.29 is 14.0 Å². The predicted octanol–water partition coefficient (Wildman–Crippen LogP) is 1.35. The third kappa shape index (κ3) is 4.02. The molecule has 1 aromatic heterocycles. The molecular weight excluding hydrogens is 351 g/mol. The van der Waals surface area contributed by atoms with Crippen molar-refractivity contribution in [3.63, 3.8) is 0 Å². The predicted molar refractivity (Wildman–Crippen MR) is 101 cm³/mol. The van der Waals surface area contributed by atoms with Gasteiger partial charge in [0.25, 0.3) is 5.91 Å². The summed E-state index contributed by atoms with van der Waals surface area (Å²) in [7, 11) is 3.73. The largest absolute Gasteiger partial charge is 0.368 e. The number of rotatable bonds is 5. The Morgan fingerprint density at radius 3 is 2.48 bits per heavy atom. The maximum atomic E-state index is 13.1. The smallest absolute Gasteiger partial charge is 0.272 e. The molecule has 1 aliphatic heterocycles. The minimum absolute atomic E-state index is 0.0573. The van der Waals surface area contributed by atoms with Crippen molar-refractivity contribution in [1.29, 1.82) is 0 Å².